The van der Waals surface area contributed by atoms with Crippen molar-refractivity contribution in [2.24, 2.45) is 10.7 Å². The highest BCUT2D eigenvalue weighted by Gasteiger charge is 2.12. The summed E-state index contributed by atoms with van der Waals surface area (Å²) >= 11 is 1.96. The van der Waals surface area contributed by atoms with Gasteiger partial charge in [-0.15, -0.1) is 24.0 Å². The number of guanidine groups is 1. The molecule has 2 aromatic heterocycles. The molecule has 0 aromatic carbocycles. The molecule has 2 aromatic rings. The number of hydrogen-bond acceptors (Lipinski definition) is 4. The molecule has 3 rings (SSSR count). The quantitative estimate of drug-likeness (QED) is 0.463. The molecule has 20 heavy (non-hydrogen) atoms. The van der Waals surface area contributed by atoms with Gasteiger partial charge < -0.3 is 10.6 Å². The molecular weight excluding hydrogens is 387 g/mol. The lowest BCUT2D eigenvalue weighted by Crippen LogP contribution is -2.42. The highest BCUT2D eigenvalue weighted by Crippen LogP contribution is 2.09. The fourth-order valence-corrected chi connectivity index (χ4v) is 2.96. The number of nitrogens with two attached hydrogens (primary N) is 1. The summed E-state index contributed by atoms with van der Waals surface area (Å²) in [7, 11) is 0. The van der Waals surface area contributed by atoms with E-state index in [0.717, 1.165) is 35.9 Å². The Kier molecular flexibility index (Phi) is 5.46. The minimum Gasteiger partial charge on any atom is -0.370 e. The second-order valence-electron chi connectivity index (χ2n) is 4.31. The van der Waals surface area contributed by atoms with Gasteiger partial charge in [-0.2, -0.15) is 16.9 Å². The summed E-state index contributed by atoms with van der Waals surface area (Å²) in [6.07, 6.45) is 3.51. The molecule has 3 heterocycles. The third-order valence-corrected chi connectivity index (χ3v) is 4.05. The molecule has 0 bridgehead atoms. The maximum Gasteiger partial charge on any atom is 0.191 e. The van der Waals surface area contributed by atoms with E-state index in [4.69, 9.17) is 5.73 Å². The zero-order valence-corrected chi connectivity index (χ0v) is 14.1. The van der Waals surface area contributed by atoms with Crippen molar-refractivity contribution in [1.29, 1.82) is 0 Å². The summed E-state index contributed by atoms with van der Waals surface area (Å²) in [5.41, 5.74) is 7.86. The molecule has 0 atom stereocenters. The van der Waals surface area contributed by atoms with Gasteiger partial charge in [0.2, 0.25) is 0 Å². The lowest BCUT2D eigenvalue weighted by Gasteiger charge is -2.27. The van der Waals surface area contributed by atoms with Gasteiger partial charge in [-0.05, 0) is 6.07 Å². The minimum absolute atomic E-state index is 0. The van der Waals surface area contributed by atoms with Crippen LogP contribution in [0.3, 0.4) is 0 Å². The number of rotatable bonds is 2. The van der Waals surface area contributed by atoms with Crippen molar-refractivity contribution in [2.75, 3.05) is 24.6 Å². The van der Waals surface area contributed by atoms with Crippen molar-refractivity contribution in [2.45, 2.75) is 6.54 Å². The van der Waals surface area contributed by atoms with Crippen LogP contribution in [0.25, 0.3) is 5.65 Å². The van der Waals surface area contributed by atoms with Gasteiger partial charge in [0, 0.05) is 36.9 Å². The number of aromatic nitrogens is 3. The number of thioether (sulfide) groups is 1. The Morgan fingerprint density at radius 3 is 2.90 bits per heavy atom. The molecule has 8 heteroatoms. The van der Waals surface area contributed by atoms with E-state index < -0.39 is 0 Å². The first-order chi connectivity index (χ1) is 9.34. The first-order valence-electron chi connectivity index (χ1n) is 6.25. The molecule has 0 amide bonds. The van der Waals surface area contributed by atoms with E-state index in [0.29, 0.717) is 12.5 Å². The molecule has 1 aliphatic heterocycles. The Morgan fingerprint density at radius 2 is 2.10 bits per heavy atom. The van der Waals surface area contributed by atoms with Crippen LogP contribution in [0.4, 0.5) is 0 Å². The molecule has 0 radical (unpaired) electrons. The van der Waals surface area contributed by atoms with Gasteiger partial charge in [0.1, 0.15) is 0 Å². The summed E-state index contributed by atoms with van der Waals surface area (Å²) in [6.45, 7) is 2.48. The van der Waals surface area contributed by atoms with Crippen molar-refractivity contribution >= 4 is 47.3 Å². The highest BCUT2D eigenvalue weighted by atomic mass is 127. The van der Waals surface area contributed by atoms with Crippen molar-refractivity contribution in [1.82, 2.24) is 19.5 Å². The van der Waals surface area contributed by atoms with E-state index in [1.54, 1.807) is 16.9 Å². The van der Waals surface area contributed by atoms with Crippen molar-refractivity contribution in [3.8, 4) is 0 Å². The van der Waals surface area contributed by atoms with Crippen LogP contribution in [0.15, 0.2) is 29.5 Å². The SMILES string of the molecule is I.NC(=NCc1ccnc2ccnn12)N1CCSCC1. The monoisotopic (exact) mass is 404 g/mol. The van der Waals surface area contributed by atoms with Gasteiger partial charge in [0.05, 0.1) is 18.4 Å². The fourth-order valence-electron chi connectivity index (χ4n) is 2.06. The second-order valence-corrected chi connectivity index (χ2v) is 5.54. The van der Waals surface area contributed by atoms with Gasteiger partial charge in [-0.25, -0.2) is 14.5 Å². The number of halogens is 1. The first kappa shape index (κ1) is 15.4. The van der Waals surface area contributed by atoms with Crippen LogP contribution in [0.2, 0.25) is 0 Å². The minimum atomic E-state index is 0. The Balaban J connectivity index is 0.00000147. The molecule has 0 spiro atoms. The molecule has 1 fully saturated rings. The summed E-state index contributed by atoms with van der Waals surface area (Å²) in [4.78, 5) is 10.8. The summed E-state index contributed by atoms with van der Waals surface area (Å²) in [5.74, 6) is 2.86. The van der Waals surface area contributed by atoms with Crippen LogP contribution >= 0.6 is 35.7 Å². The van der Waals surface area contributed by atoms with Gasteiger partial charge in [0.25, 0.3) is 0 Å². The lowest BCUT2D eigenvalue weighted by atomic mass is 10.4. The number of aliphatic imine (C=N–C) groups is 1. The third-order valence-electron chi connectivity index (χ3n) is 3.11. The average Bonchev–Trinajstić information content (AvgIpc) is 2.94. The van der Waals surface area contributed by atoms with E-state index in [1.165, 1.54) is 0 Å². The van der Waals surface area contributed by atoms with E-state index in [-0.39, 0.29) is 24.0 Å². The van der Waals surface area contributed by atoms with Gasteiger partial charge in [-0.3, -0.25) is 0 Å². The zero-order valence-electron chi connectivity index (χ0n) is 11.0. The average molecular weight is 404 g/mol. The highest BCUT2D eigenvalue weighted by molar-refractivity contribution is 14.0. The Morgan fingerprint density at radius 1 is 1.30 bits per heavy atom. The molecular formula is C12H17IN6S. The first-order valence-corrected chi connectivity index (χ1v) is 7.40. The van der Waals surface area contributed by atoms with Crippen LogP contribution in [0, 0.1) is 0 Å². The van der Waals surface area contributed by atoms with E-state index in [1.807, 2.05) is 23.9 Å². The van der Waals surface area contributed by atoms with Crippen molar-refractivity contribution in [3.63, 3.8) is 0 Å². The van der Waals surface area contributed by atoms with Crippen LogP contribution in [-0.4, -0.2) is 50.1 Å². The smallest absolute Gasteiger partial charge is 0.191 e. The Bertz CT molecular complexity index is 592. The molecule has 0 saturated carbocycles. The molecule has 0 unspecified atom stereocenters. The molecule has 6 nitrogen and oxygen atoms in total. The van der Waals surface area contributed by atoms with E-state index in [9.17, 15) is 0 Å². The van der Waals surface area contributed by atoms with Crippen molar-refractivity contribution in [3.05, 3.63) is 30.2 Å². The normalized spacial score (nSPS) is 16.2. The summed E-state index contributed by atoms with van der Waals surface area (Å²) < 4.78 is 1.79. The predicted molar refractivity (Wildman–Crippen MR) is 92.6 cm³/mol. The van der Waals surface area contributed by atoms with Gasteiger partial charge in [0.15, 0.2) is 11.6 Å². The Hall–Kier alpha value is -1.03. The number of fused-ring (bicyclic) bond motifs is 1. The molecule has 108 valence electrons. The van der Waals surface area contributed by atoms with Gasteiger partial charge >= 0.3 is 0 Å². The van der Waals surface area contributed by atoms with E-state index in [2.05, 4.69) is 20.0 Å². The largest absolute Gasteiger partial charge is 0.370 e. The third kappa shape index (κ3) is 3.35. The van der Waals surface area contributed by atoms with E-state index >= 15 is 0 Å². The predicted octanol–water partition coefficient (Wildman–Crippen LogP) is 1.21. The maximum atomic E-state index is 6.04. The molecule has 1 aliphatic rings. The van der Waals surface area contributed by atoms with Crippen molar-refractivity contribution < 1.29 is 0 Å². The zero-order chi connectivity index (χ0) is 13.1. The van der Waals surface area contributed by atoms with Crippen LogP contribution in [0.5, 0.6) is 0 Å². The second kappa shape index (κ2) is 7.11. The molecule has 0 aliphatic carbocycles. The molecule has 2 N–H and O–H groups in total. The van der Waals surface area contributed by atoms with Gasteiger partial charge in [-0.1, -0.05) is 0 Å². The molecule has 1 saturated heterocycles. The summed E-state index contributed by atoms with van der Waals surface area (Å²) in [6, 6.07) is 3.79. The number of hydrogen-bond donors (Lipinski definition) is 1. The topological polar surface area (TPSA) is 71.8 Å². The van der Waals surface area contributed by atoms with Crippen LogP contribution in [-0.2, 0) is 6.54 Å². The van der Waals surface area contributed by atoms with Crippen LogP contribution in [0.1, 0.15) is 5.69 Å². The maximum absolute atomic E-state index is 6.04. The standard InChI is InChI=1S/C12H16N6S.HI/c13-12(17-5-7-19-8-6-17)15-9-10-1-3-14-11-2-4-16-18(10)11;/h1-4H,5-9H2,(H2,13,15);1H. The summed E-state index contributed by atoms with van der Waals surface area (Å²) in [5, 5.41) is 4.24. The Labute approximate surface area is 138 Å². The lowest BCUT2D eigenvalue weighted by molar-refractivity contribution is 0.455. The van der Waals surface area contributed by atoms with Crippen LogP contribution < -0.4 is 5.73 Å². The number of nitrogens with zero attached hydrogens (tertiary/aromatic N) is 5. The fraction of sp³-hybridized carbons (Fsp3) is 0.417.